The van der Waals surface area contributed by atoms with Gasteiger partial charge in [0.05, 0.1) is 7.11 Å². The SMILES string of the molecule is COc1ccc(CCC(=O)N2CCN(Cc3ccc(Cl)cc3)CC2)cc1. The third kappa shape index (κ3) is 5.23. The van der Waals surface area contributed by atoms with E-state index in [2.05, 4.69) is 17.0 Å². The zero-order chi connectivity index (χ0) is 18.4. The third-order valence-electron chi connectivity index (χ3n) is 4.83. The van der Waals surface area contributed by atoms with E-state index in [1.807, 2.05) is 41.3 Å². The van der Waals surface area contributed by atoms with Crippen LogP contribution in [0, 0.1) is 0 Å². The quantitative estimate of drug-likeness (QED) is 0.776. The number of methoxy groups -OCH3 is 1. The van der Waals surface area contributed by atoms with Gasteiger partial charge < -0.3 is 9.64 Å². The van der Waals surface area contributed by atoms with Crippen molar-refractivity contribution in [3.8, 4) is 5.75 Å². The summed E-state index contributed by atoms with van der Waals surface area (Å²) in [4.78, 5) is 16.8. The molecule has 1 amide bonds. The Kier molecular flexibility index (Phi) is 6.53. The van der Waals surface area contributed by atoms with Crippen molar-refractivity contribution in [2.75, 3.05) is 33.3 Å². The van der Waals surface area contributed by atoms with Crippen LogP contribution in [0.2, 0.25) is 5.02 Å². The van der Waals surface area contributed by atoms with E-state index in [-0.39, 0.29) is 5.91 Å². The second kappa shape index (κ2) is 9.06. The number of hydrogen-bond acceptors (Lipinski definition) is 3. The highest BCUT2D eigenvalue weighted by Crippen LogP contribution is 2.15. The number of halogens is 1. The Morgan fingerprint density at radius 1 is 0.962 bits per heavy atom. The third-order valence-corrected chi connectivity index (χ3v) is 5.08. The fourth-order valence-corrected chi connectivity index (χ4v) is 3.33. The zero-order valence-electron chi connectivity index (χ0n) is 15.2. The first-order valence-electron chi connectivity index (χ1n) is 9.01. The van der Waals surface area contributed by atoms with E-state index in [0.717, 1.165) is 49.9 Å². The van der Waals surface area contributed by atoms with E-state index in [4.69, 9.17) is 16.3 Å². The Hall–Kier alpha value is -2.04. The molecule has 1 aliphatic rings. The summed E-state index contributed by atoms with van der Waals surface area (Å²) in [5.41, 5.74) is 2.43. The summed E-state index contributed by atoms with van der Waals surface area (Å²) >= 11 is 5.93. The van der Waals surface area contributed by atoms with E-state index >= 15 is 0 Å². The van der Waals surface area contributed by atoms with Gasteiger partial charge in [0.25, 0.3) is 0 Å². The molecule has 1 fully saturated rings. The first-order valence-corrected chi connectivity index (χ1v) is 9.39. The lowest BCUT2D eigenvalue weighted by Gasteiger charge is -2.34. The molecule has 26 heavy (non-hydrogen) atoms. The Balaban J connectivity index is 1.42. The molecule has 1 heterocycles. The Morgan fingerprint density at radius 2 is 1.58 bits per heavy atom. The van der Waals surface area contributed by atoms with Crippen LogP contribution in [-0.4, -0.2) is 49.0 Å². The van der Waals surface area contributed by atoms with Gasteiger partial charge in [0, 0.05) is 44.2 Å². The molecular weight excluding hydrogens is 348 g/mol. The van der Waals surface area contributed by atoms with E-state index in [1.165, 1.54) is 11.1 Å². The minimum absolute atomic E-state index is 0.243. The molecule has 0 saturated carbocycles. The molecule has 0 aromatic heterocycles. The highest BCUT2D eigenvalue weighted by Gasteiger charge is 2.20. The number of carbonyl (C=O) groups excluding carboxylic acids is 1. The van der Waals surface area contributed by atoms with Gasteiger partial charge in [0.15, 0.2) is 0 Å². The summed E-state index contributed by atoms with van der Waals surface area (Å²) in [5.74, 6) is 1.09. The largest absolute Gasteiger partial charge is 0.497 e. The Bertz CT molecular complexity index is 708. The van der Waals surface area contributed by atoms with Crippen LogP contribution in [0.3, 0.4) is 0 Å². The number of piperazine rings is 1. The molecule has 0 radical (unpaired) electrons. The smallest absolute Gasteiger partial charge is 0.222 e. The van der Waals surface area contributed by atoms with Gasteiger partial charge >= 0.3 is 0 Å². The van der Waals surface area contributed by atoms with Crippen molar-refractivity contribution in [2.45, 2.75) is 19.4 Å². The number of benzene rings is 2. The van der Waals surface area contributed by atoms with Gasteiger partial charge in [-0.1, -0.05) is 35.9 Å². The van der Waals surface area contributed by atoms with Crippen LogP contribution in [0.4, 0.5) is 0 Å². The molecule has 2 aromatic rings. The average Bonchev–Trinajstić information content (AvgIpc) is 2.69. The maximum absolute atomic E-state index is 12.5. The highest BCUT2D eigenvalue weighted by atomic mass is 35.5. The summed E-state index contributed by atoms with van der Waals surface area (Å²) in [6.45, 7) is 4.34. The van der Waals surface area contributed by atoms with E-state index < -0.39 is 0 Å². The Labute approximate surface area is 160 Å². The molecule has 0 unspecified atom stereocenters. The molecule has 1 aliphatic heterocycles. The second-order valence-electron chi connectivity index (χ2n) is 6.63. The van der Waals surface area contributed by atoms with Gasteiger partial charge in [0.1, 0.15) is 5.75 Å². The number of aryl methyl sites for hydroxylation is 1. The number of carbonyl (C=O) groups is 1. The molecule has 1 saturated heterocycles. The predicted octanol–water partition coefficient (Wildman–Crippen LogP) is 3.63. The van der Waals surface area contributed by atoms with Crippen LogP contribution >= 0.6 is 11.6 Å². The van der Waals surface area contributed by atoms with Crippen molar-refractivity contribution >= 4 is 17.5 Å². The van der Waals surface area contributed by atoms with Gasteiger partial charge in [-0.15, -0.1) is 0 Å². The van der Waals surface area contributed by atoms with E-state index in [1.54, 1.807) is 7.11 Å². The zero-order valence-corrected chi connectivity index (χ0v) is 15.9. The molecule has 2 aromatic carbocycles. The molecule has 0 bridgehead atoms. The Morgan fingerprint density at radius 3 is 2.19 bits per heavy atom. The number of ether oxygens (including phenoxy) is 1. The highest BCUT2D eigenvalue weighted by molar-refractivity contribution is 6.30. The van der Waals surface area contributed by atoms with Gasteiger partial charge in [-0.2, -0.15) is 0 Å². The van der Waals surface area contributed by atoms with E-state index in [0.29, 0.717) is 6.42 Å². The molecule has 0 spiro atoms. The van der Waals surface area contributed by atoms with Crippen LogP contribution in [0.5, 0.6) is 5.75 Å². The monoisotopic (exact) mass is 372 g/mol. The molecule has 0 aliphatic carbocycles. The van der Waals surface area contributed by atoms with Crippen LogP contribution in [0.1, 0.15) is 17.5 Å². The van der Waals surface area contributed by atoms with Crippen molar-refractivity contribution in [1.82, 2.24) is 9.80 Å². The molecule has 0 atom stereocenters. The number of hydrogen-bond donors (Lipinski definition) is 0. The normalized spacial score (nSPS) is 15.1. The maximum Gasteiger partial charge on any atom is 0.222 e. The van der Waals surface area contributed by atoms with Gasteiger partial charge in [-0.05, 0) is 41.8 Å². The molecule has 3 rings (SSSR count). The van der Waals surface area contributed by atoms with Crippen LogP contribution in [0.15, 0.2) is 48.5 Å². The van der Waals surface area contributed by atoms with Crippen LogP contribution in [0.25, 0.3) is 0 Å². The molecule has 0 N–H and O–H groups in total. The minimum atomic E-state index is 0.243. The summed E-state index contributed by atoms with van der Waals surface area (Å²) in [7, 11) is 1.66. The topological polar surface area (TPSA) is 32.8 Å². The van der Waals surface area contributed by atoms with Crippen molar-refractivity contribution in [3.05, 3.63) is 64.7 Å². The fraction of sp³-hybridized carbons (Fsp3) is 0.381. The van der Waals surface area contributed by atoms with Gasteiger partial charge in [0.2, 0.25) is 5.91 Å². The van der Waals surface area contributed by atoms with Gasteiger partial charge in [-0.3, -0.25) is 9.69 Å². The summed E-state index contributed by atoms with van der Waals surface area (Å²) in [6.07, 6.45) is 1.33. The fourth-order valence-electron chi connectivity index (χ4n) is 3.20. The summed E-state index contributed by atoms with van der Waals surface area (Å²) in [5, 5.41) is 0.765. The van der Waals surface area contributed by atoms with Crippen molar-refractivity contribution in [2.24, 2.45) is 0 Å². The maximum atomic E-state index is 12.5. The lowest BCUT2D eigenvalue weighted by atomic mass is 10.1. The molecule has 138 valence electrons. The van der Waals surface area contributed by atoms with Crippen LogP contribution in [-0.2, 0) is 17.8 Å². The molecule has 4 nitrogen and oxygen atoms in total. The average molecular weight is 373 g/mol. The number of nitrogens with zero attached hydrogens (tertiary/aromatic N) is 2. The predicted molar refractivity (Wildman–Crippen MR) is 105 cm³/mol. The van der Waals surface area contributed by atoms with Crippen molar-refractivity contribution in [3.63, 3.8) is 0 Å². The van der Waals surface area contributed by atoms with Crippen molar-refractivity contribution in [1.29, 1.82) is 0 Å². The first kappa shape index (κ1) is 18.7. The van der Waals surface area contributed by atoms with Gasteiger partial charge in [-0.25, -0.2) is 0 Å². The minimum Gasteiger partial charge on any atom is -0.497 e. The molecular formula is C21H25ClN2O2. The van der Waals surface area contributed by atoms with E-state index in [9.17, 15) is 4.79 Å². The lowest BCUT2D eigenvalue weighted by molar-refractivity contribution is -0.133. The second-order valence-corrected chi connectivity index (χ2v) is 7.07. The summed E-state index contributed by atoms with van der Waals surface area (Å²) < 4.78 is 5.16. The van der Waals surface area contributed by atoms with Crippen molar-refractivity contribution < 1.29 is 9.53 Å². The summed E-state index contributed by atoms with van der Waals surface area (Å²) in [6, 6.07) is 15.9. The standard InChI is InChI=1S/C21H25ClN2O2/c1-26-20-9-4-17(5-10-20)6-11-21(25)24-14-12-23(13-15-24)16-18-2-7-19(22)8-3-18/h2-5,7-10H,6,11-16H2,1H3. The molecule has 5 heteroatoms. The first-order chi connectivity index (χ1) is 12.6. The number of amides is 1. The van der Waals surface area contributed by atoms with Crippen LogP contribution < -0.4 is 4.74 Å². The number of rotatable bonds is 6. The lowest BCUT2D eigenvalue weighted by Crippen LogP contribution is -2.48.